The van der Waals surface area contributed by atoms with Crippen LogP contribution in [-0.4, -0.2) is 34.0 Å². The fourth-order valence-corrected chi connectivity index (χ4v) is 6.57. The van der Waals surface area contributed by atoms with Crippen LogP contribution in [0.1, 0.15) is 12.0 Å². The van der Waals surface area contributed by atoms with Gasteiger partial charge in [-0.15, -0.1) is 0 Å². The molecular weight excluding hydrogens is 414 g/mol. The van der Waals surface area contributed by atoms with E-state index in [1.807, 2.05) is 0 Å². The van der Waals surface area contributed by atoms with Gasteiger partial charge < -0.3 is 14.3 Å². The molecule has 2 heterocycles. The summed E-state index contributed by atoms with van der Waals surface area (Å²) >= 11 is 5.87. The molecule has 0 radical (unpaired) electrons. The van der Waals surface area contributed by atoms with E-state index in [4.69, 9.17) is 21.1 Å². The number of benzene rings is 2. The number of carbonyl (C=O) groups excluding carboxylic acids is 1. The molecule has 0 saturated carbocycles. The third kappa shape index (κ3) is 2.58. The molecule has 0 aromatic heterocycles. The van der Waals surface area contributed by atoms with Gasteiger partial charge in [-0.05, 0) is 42.8 Å². The van der Waals surface area contributed by atoms with Crippen molar-refractivity contribution in [1.82, 2.24) is 0 Å². The molecule has 0 spiro atoms. The molecule has 1 saturated heterocycles. The molecule has 1 fully saturated rings. The number of fused-ring (bicyclic) bond motifs is 3. The largest absolute Gasteiger partial charge is 0.490 e. The van der Waals surface area contributed by atoms with Gasteiger partial charge in [0, 0.05) is 11.6 Å². The maximum atomic E-state index is 14.9. The first-order valence-corrected chi connectivity index (χ1v) is 10.4. The van der Waals surface area contributed by atoms with Crippen molar-refractivity contribution in [2.24, 2.45) is 5.92 Å². The number of hydrogen-bond donors (Lipinski definition) is 0. The normalized spacial score (nSPS) is 26.7. The Hall–Kier alpha value is -2.03. The SMILES string of the molecule is O=C[C@@H]1OCC[C@@]2(S(=O)(=O)c3ccc(Cl)cc3)c3c(F)ccc(F)c3OCC12. The summed E-state index contributed by atoms with van der Waals surface area (Å²) in [5.74, 6) is -3.26. The zero-order valence-electron chi connectivity index (χ0n) is 14.4. The number of carbonyl (C=O) groups is 1. The Labute approximate surface area is 165 Å². The lowest BCUT2D eigenvalue weighted by Gasteiger charge is -2.48. The second kappa shape index (κ2) is 6.79. The summed E-state index contributed by atoms with van der Waals surface area (Å²) in [7, 11) is -4.28. The van der Waals surface area contributed by atoms with E-state index >= 15 is 0 Å². The molecule has 0 amide bonds. The number of rotatable bonds is 3. The minimum Gasteiger partial charge on any atom is -0.490 e. The fourth-order valence-electron chi connectivity index (χ4n) is 4.12. The van der Waals surface area contributed by atoms with Crippen molar-refractivity contribution in [2.75, 3.05) is 13.2 Å². The summed E-state index contributed by atoms with van der Waals surface area (Å²) in [6.07, 6.45) is -0.808. The van der Waals surface area contributed by atoms with Crippen molar-refractivity contribution in [3.05, 3.63) is 58.6 Å². The second-order valence-corrected chi connectivity index (χ2v) is 9.36. The molecule has 0 N–H and O–H groups in total. The highest BCUT2D eigenvalue weighted by Crippen LogP contribution is 2.55. The highest BCUT2D eigenvalue weighted by atomic mass is 35.5. The van der Waals surface area contributed by atoms with Crippen LogP contribution in [0.3, 0.4) is 0 Å². The zero-order valence-corrected chi connectivity index (χ0v) is 16.0. The van der Waals surface area contributed by atoms with Crippen LogP contribution in [0.25, 0.3) is 0 Å². The van der Waals surface area contributed by atoms with E-state index in [1.165, 1.54) is 24.3 Å². The molecule has 2 aliphatic heterocycles. The highest BCUT2D eigenvalue weighted by Gasteiger charge is 2.61. The molecule has 3 atom stereocenters. The van der Waals surface area contributed by atoms with Gasteiger partial charge in [0.2, 0.25) is 0 Å². The van der Waals surface area contributed by atoms with Crippen molar-refractivity contribution in [3.8, 4) is 5.75 Å². The summed E-state index contributed by atoms with van der Waals surface area (Å²) < 4.78 is 65.8. The molecule has 2 aromatic rings. The highest BCUT2D eigenvalue weighted by molar-refractivity contribution is 7.92. The lowest BCUT2D eigenvalue weighted by atomic mass is 9.76. The zero-order chi connectivity index (χ0) is 20.1. The summed E-state index contributed by atoms with van der Waals surface area (Å²) in [6.45, 7) is -0.411. The number of ether oxygens (including phenoxy) is 2. The van der Waals surface area contributed by atoms with Crippen LogP contribution < -0.4 is 4.74 Å². The minimum atomic E-state index is -4.28. The predicted octanol–water partition coefficient (Wildman–Crippen LogP) is 3.28. The van der Waals surface area contributed by atoms with E-state index in [2.05, 4.69) is 0 Å². The minimum absolute atomic E-state index is 0.107. The molecule has 0 bridgehead atoms. The molecule has 0 aliphatic carbocycles. The van der Waals surface area contributed by atoms with E-state index in [0.717, 1.165) is 12.1 Å². The first-order chi connectivity index (χ1) is 13.3. The standard InChI is InChI=1S/C19H15ClF2O5S/c20-11-1-3-12(4-2-11)28(24,25)19-7-8-26-16(9-23)13(19)10-27-18-15(22)6-5-14(21)17(18)19/h1-6,9,13,16H,7-8,10H2/t13?,16-,19-/m0/s1. The molecule has 148 valence electrons. The Kier molecular flexibility index (Phi) is 4.68. The molecule has 4 rings (SSSR count). The Bertz CT molecular complexity index is 1040. The van der Waals surface area contributed by atoms with Gasteiger partial charge in [-0.1, -0.05) is 11.6 Å². The van der Waals surface area contributed by atoms with E-state index in [9.17, 15) is 22.0 Å². The maximum absolute atomic E-state index is 14.9. The summed E-state index contributed by atoms with van der Waals surface area (Å²) in [5.41, 5.74) is -0.395. The lowest BCUT2D eigenvalue weighted by molar-refractivity contribution is -0.131. The van der Waals surface area contributed by atoms with Crippen molar-refractivity contribution in [2.45, 2.75) is 22.2 Å². The van der Waals surface area contributed by atoms with Gasteiger partial charge in [-0.2, -0.15) is 0 Å². The Morgan fingerprint density at radius 3 is 2.46 bits per heavy atom. The van der Waals surface area contributed by atoms with Gasteiger partial charge in [-0.3, -0.25) is 0 Å². The van der Waals surface area contributed by atoms with Crippen molar-refractivity contribution in [3.63, 3.8) is 0 Å². The summed E-state index contributed by atoms with van der Waals surface area (Å²) in [4.78, 5) is 11.5. The average molecular weight is 429 g/mol. The first-order valence-electron chi connectivity index (χ1n) is 8.51. The molecular formula is C19H15ClF2O5S. The summed E-state index contributed by atoms with van der Waals surface area (Å²) in [6, 6.07) is 7.16. The van der Waals surface area contributed by atoms with Gasteiger partial charge in [0.05, 0.1) is 23.0 Å². The number of halogens is 3. The maximum Gasteiger partial charge on any atom is 0.189 e. The van der Waals surface area contributed by atoms with E-state index in [0.29, 0.717) is 11.3 Å². The van der Waals surface area contributed by atoms with Gasteiger partial charge in [0.15, 0.2) is 21.4 Å². The first kappa shape index (κ1) is 19.3. The van der Waals surface area contributed by atoms with E-state index in [1.54, 1.807) is 0 Å². The molecule has 1 unspecified atom stereocenters. The van der Waals surface area contributed by atoms with E-state index in [-0.39, 0.29) is 24.5 Å². The van der Waals surface area contributed by atoms with Crippen LogP contribution in [-0.2, 0) is 24.1 Å². The molecule has 2 aromatic carbocycles. The molecule has 9 heteroatoms. The number of aldehydes is 1. The van der Waals surface area contributed by atoms with Crippen molar-refractivity contribution < 1.29 is 31.5 Å². The average Bonchev–Trinajstić information content (AvgIpc) is 2.69. The van der Waals surface area contributed by atoms with Crippen molar-refractivity contribution >= 4 is 27.7 Å². The monoisotopic (exact) mass is 428 g/mol. The molecule has 2 aliphatic rings. The van der Waals surface area contributed by atoms with Crippen LogP contribution in [0, 0.1) is 17.6 Å². The van der Waals surface area contributed by atoms with Gasteiger partial charge in [0.1, 0.15) is 23.0 Å². The number of sulfone groups is 1. The third-order valence-corrected chi connectivity index (χ3v) is 8.22. The van der Waals surface area contributed by atoms with Crippen LogP contribution in [0.2, 0.25) is 5.02 Å². The van der Waals surface area contributed by atoms with Gasteiger partial charge in [0.25, 0.3) is 0 Å². The van der Waals surface area contributed by atoms with E-state index < -0.39 is 49.6 Å². The number of hydrogen-bond acceptors (Lipinski definition) is 5. The Morgan fingerprint density at radius 1 is 1.11 bits per heavy atom. The van der Waals surface area contributed by atoms with Gasteiger partial charge >= 0.3 is 0 Å². The quantitative estimate of drug-likeness (QED) is 0.702. The summed E-state index contributed by atoms with van der Waals surface area (Å²) in [5, 5.41) is 0.329. The third-order valence-electron chi connectivity index (χ3n) is 5.41. The second-order valence-electron chi connectivity index (χ2n) is 6.72. The predicted molar refractivity (Wildman–Crippen MR) is 96.1 cm³/mol. The fraction of sp³-hybridized carbons (Fsp3) is 0.316. The van der Waals surface area contributed by atoms with Crippen LogP contribution in [0.4, 0.5) is 8.78 Å². The van der Waals surface area contributed by atoms with Crippen LogP contribution in [0.5, 0.6) is 5.75 Å². The lowest BCUT2D eigenvalue weighted by Crippen LogP contribution is -2.58. The van der Waals surface area contributed by atoms with Crippen LogP contribution >= 0.6 is 11.6 Å². The Morgan fingerprint density at radius 2 is 1.79 bits per heavy atom. The smallest absolute Gasteiger partial charge is 0.189 e. The van der Waals surface area contributed by atoms with Crippen molar-refractivity contribution in [1.29, 1.82) is 0 Å². The van der Waals surface area contributed by atoms with Crippen LogP contribution in [0.15, 0.2) is 41.3 Å². The molecule has 5 nitrogen and oxygen atoms in total. The molecule has 28 heavy (non-hydrogen) atoms. The Balaban J connectivity index is 2.05. The topological polar surface area (TPSA) is 69.7 Å². The van der Waals surface area contributed by atoms with Gasteiger partial charge in [-0.25, -0.2) is 17.2 Å².